The molecule has 2 N–H and O–H groups in total. The van der Waals surface area contributed by atoms with E-state index in [4.69, 9.17) is 33.0 Å². The third-order valence-electron chi connectivity index (χ3n) is 5.28. The van der Waals surface area contributed by atoms with Crippen molar-refractivity contribution in [3.63, 3.8) is 0 Å². The summed E-state index contributed by atoms with van der Waals surface area (Å²) in [5, 5.41) is 10.9. The number of methoxy groups -OCH3 is 1. The zero-order valence-electron chi connectivity index (χ0n) is 19.6. The molecular formula is C25H26Cl2N4O4. The number of halogens is 2. The summed E-state index contributed by atoms with van der Waals surface area (Å²) in [5.41, 5.74) is 3.37. The van der Waals surface area contributed by atoms with Gasteiger partial charge in [-0.3, -0.25) is 9.59 Å². The van der Waals surface area contributed by atoms with Gasteiger partial charge in [-0.1, -0.05) is 35.9 Å². The highest BCUT2D eigenvalue weighted by atomic mass is 35.5. The molecule has 1 aliphatic rings. The molecule has 1 atom stereocenters. The number of amides is 2. The van der Waals surface area contributed by atoms with Gasteiger partial charge in [0.2, 0.25) is 11.2 Å². The van der Waals surface area contributed by atoms with Crippen LogP contribution in [-0.4, -0.2) is 52.1 Å². The van der Waals surface area contributed by atoms with Gasteiger partial charge in [-0.05, 0) is 54.8 Å². The molecule has 1 aromatic heterocycles. The van der Waals surface area contributed by atoms with Crippen LogP contribution in [0.2, 0.25) is 10.3 Å². The van der Waals surface area contributed by atoms with Crippen molar-refractivity contribution in [1.82, 2.24) is 20.2 Å². The van der Waals surface area contributed by atoms with Gasteiger partial charge in [0.05, 0.1) is 30.1 Å². The number of fused-ring (bicyclic) bond motifs is 1. The predicted octanol–water partition coefficient (Wildman–Crippen LogP) is 4.29. The van der Waals surface area contributed by atoms with E-state index in [2.05, 4.69) is 15.3 Å². The van der Waals surface area contributed by atoms with Crippen LogP contribution in [0.5, 0.6) is 5.75 Å². The number of carbonyl (C=O) groups excluding carboxylic acids is 2. The highest BCUT2D eigenvalue weighted by Gasteiger charge is 2.29. The molecule has 3 aromatic rings. The fraction of sp³-hybridized carbons (Fsp3) is 0.280. The molecule has 2 aromatic carbocycles. The average molecular weight is 517 g/mol. The van der Waals surface area contributed by atoms with Gasteiger partial charge in [0, 0.05) is 24.3 Å². The lowest BCUT2D eigenvalue weighted by atomic mass is 10.0. The highest BCUT2D eigenvalue weighted by molar-refractivity contribution is 6.33. The quantitative estimate of drug-likeness (QED) is 0.473. The lowest BCUT2D eigenvalue weighted by molar-refractivity contribution is -0.122. The zero-order chi connectivity index (χ0) is 25.5. The first-order valence-electron chi connectivity index (χ1n) is 10.9. The number of ether oxygens (including phenoxy) is 1. The van der Waals surface area contributed by atoms with Crippen LogP contribution in [0.25, 0.3) is 11.3 Å². The summed E-state index contributed by atoms with van der Waals surface area (Å²) >= 11 is 12.1. The van der Waals surface area contributed by atoms with Crippen molar-refractivity contribution in [3.8, 4) is 17.0 Å². The van der Waals surface area contributed by atoms with E-state index >= 15 is 0 Å². The second kappa shape index (κ2) is 12.0. The topological polar surface area (TPSA) is 105 Å². The monoisotopic (exact) mass is 516 g/mol. The normalized spacial score (nSPS) is 13.0. The van der Waals surface area contributed by atoms with Crippen LogP contribution in [0.1, 0.15) is 41.4 Å². The summed E-state index contributed by atoms with van der Waals surface area (Å²) in [5.74, 6) is 0.254. The minimum atomic E-state index is -0.243. The number of aliphatic hydroxyl groups is 1. The molecule has 2 heterocycles. The van der Waals surface area contributed by atoms with Gasteiger partial charge in [0.1, 0.15) is 12.3 Å². The molecule has 0 fully saturated rings. The van der Waals surface area contributed by atoms with Crippen molar-refractivity contribution in [1.29, 1.82) is 0 Å². The van der Waals surface area contributed by atoms with E-state index in [1.54, 1.807) is 20.1 Å². The van der Waals surface area contributed by atoms with E-state index in [-0.39, 0.29) is 36.3 Å². The third kappa shape index (κ3) is 6.48. The highest BCUT2D eigenvalue weighted by Crippen LogP contribution is 2.31. The molecule has 0 bridgehead atoms. The van der Waals surface area contributed by atoms with Crippen molar-refractivity contribution >= 4 is 35.0 Å². The fourth-order valence-corrected chi connectivity index (χ4v) is 3.97. The van der Waals surface area contributed by atoms with E-state index in [0.29, 0.717) is 28.4 Å². The fourth-order valence-electron chi connectivity index (χ4n) is 3.64. The van der Waals surface area contributed by atoms with Crippen LogP contribution in [0.15, 0.2) is 48.7 Å². The van der Waals surface area contributed by atoms with Gasteiger partial charge < -0.3 is 20.1 Å². The number of carbonyl (C=O) groups is 2. The van der Waals surface area contributed by atoms with Crippen molar-refractivity contribution in [2.75, 3.05) is 20.3 Å². The SMILES string of the molecule is CCO.COc1cccc(C(C)NC(=O)CN2Cc3ccc(-c4nc(Cl)ncc4Cl)cc3C2=O)c1. The van der Waals surface area contributed by atoms with Gasteiger partial charge in [0.15, 0.2) is 0 Å². The summed E-state index contributed by atoms with van der Waals surface area (Å²) in [6.07, 6.45) is 1.42. The lowest BCUT2D eigenvalue weighted by Crippen LogP contribution is -2.38. The molecular weight excluding hydrogens is 491 g/mol. The Hall–Kier alpha value is -3.20. The minimum absolute atomic E-state index is 0.0444. The van der Waals surface area contributed by atoms with Crippen LogP contribution < -0.4 is 10.1 Å². The second-order valence-corrected chi connectivity index (χ2v) is 8.50. The number of nitrogens with zero attached hydrogens (tertiary/aromatic N) is 3. The second-order valence-electron chi connectivity index (χ2n) is 7.75. The van der Waals surface area contributed by atoms with Crippen molar-refractivity contribution in [3.05, 3.63) is 75.7 Å². The minimum Gasteiger partial charge on any atom is -0.497 e. The van der Waals surface area contributed by atoms with E-state index in [1.807, 2.05) is 43.3 Å². The number of aliphatic hydroxyl groups excluding tert-OH is 1. The number of rotatable bonds is 6. The maximum absolute atomic E-state index is 12.9. The van der Waals surface area contributed by atoms with Crippen molar-refractivity contribution < 1.29 is 19.4 Å². The van der Waals surface area contributed by atoms with Gasteiger partial charge >= 0.3 is 0 Å². The molecule has 0 radical (unpaired) electrons. The van der Waals surface area contributed by atoms with Gasteiger partial charge in [-0.25, -0.2) is 9.97 Å². The molecule has 35 heavy (non-hydrogen) atoms. The molecule has 1 unspecified atom stereocenters. The number of nitrogens with one attached hydrogen (secondary N) is 1. The Balaban J connectivity index is 0.00000108. The van der Waals surface area contributed by atoms with Crippen LogP contribution in [-0.2, 0) is 11.3 Å². The Kier molecular flexibility index (Phi) is 9.03. The van der Waals surface area contributed by atoms with Crippen molar-refractivity contribution in [2.45, 2.75) is 26.4 Å². The molecule has 1 aliphatic heterocycles. The number of hydrogen-bond donors (Lipinski definition) is 2. The summed E-state index contributed by atoms with van der Waals surface area (Å²) in [6.45, 7) is 4.13. The molecule has 8 nitrogen and oxygen atoms in total. The maximum atomic E-state index is 12.9. The Morgan fingerprint density at radius 1 is 1.26 bits per heavy atom. The number of hydrogen-bond acceptors (Lipinski definition) is 6. The largest absolute Gasteiger partial charge is 0.497 e. The molecule has 0 saturated heterocycles. The summed E-state index contributed by atoms with van der Waals surface area (Å²) in [4.78, 5) is 35.1. The first-order valence-corrected chi connectivity index (χ1v) is 11.7. The predicted molar refractivity (Wildman–Crippen MR) is 135 cm³/mol. The Morgan fingerprint density at radius 2 is 2.00 bits per heavy atom. The van der Waals surface area contributed by atoms with Crippen LogP contribution >= 0.6 is 23.2 Å². The van der Waals surface area contributed by atoms with E-state index in [1.165, 1.54) is 11.1 Å². The molecule has 4 rings (SSSR count). The molecule has 0 spiro atoms. The summed E-state index contributed by atoms with van der Waals surface area (Å²) in [6, 6.07) is 12.6. The molecule has 184 valence electrons. The Bertz CT molecular complexity index is 1220. The Labute approximate surface area is 213 Å². The first-order chi connectivity index (χ1) is 16.8. The van der Waals surface area contributed by atoms with Crippen molar-refractivity contribution in [2.24, 2.45) is 0 Å². The third-order valence-corrected chi connectivity index (χ3v) is 5.74. The summed E-state index contributed by atoms with van der Waals surface area (Å²) < 4.78 is 5.23. The van der Waals surface area contributed by atoms with Gasteiger partial charge in [-0.15, -0.1) is 0 Å². The zero-order valence-corrected chi connectivity index (χ0v) is 21.1. The maximum Gasteiger partial charge on any atom is 0.254 e. The summed E-state index contributed by atoms with van der Waals surface area (Å²) in [7, 11) is 1.59. The van der Waals surface area contributed by atoms with E-state index in [9.17, 15) is 9.59 Å². The lowest BCUT2D eigenvalue weighted by Gasteiger charge is -2.19. The van der Waals surface area contributed by atoms with Gasteiger partial charge in [-0.2, -0.15) is 0 Å². The van der Waals surface area contributed by atoms with E-state index in [0.717, 1.165) is 16.9 Å². The smallest absolute Gasteiger partial charge is 0.254 e. The standard InChI is InChI=1S/C23H20Cl2N4O3.C2H6O/c1-13(14-4-3-5-17(8-14)32-2)27-20(30)12-29-11-16-7-6-15(9-18(16)22(29)31)21-19(24)10-26-23(25)28-21;1-2-3/h3-10,13H,11-12H2,1-2H3,(H,27,30);3H,2H2,1H3. The van der Waals surface area contributed by atoms with Crippen LogP contribution in [0, 0.1) is 0 Å². The number of benzene rings is 2. The van der Waals surface area contributed by atoms with Crippen LogP contribution in [0.4, 0.5) is 0 Å². The Morgan fingerprint density at radius 3 is 2.71 bits per heavy atom. The molecule has 0 saturated carbocycles. The molecule has 10 heteroatoms. The first kappa shape index (κ1) is 26.4. The average Bonchev–Trinajstić information content (AvgIpc) is 3.15. The van der Waals surface area contributed by atoms with Crippen LogP contribution in [0.3, 0.4) is 0 Å². The molecule has 0 aliphatic carbocycles. The molecule has 2 amide bonds. The van der Waals surface area contributed by atoms with E-state index < -0.39 is 0 Å². The van der Waals surface area contributed by atoms with Gasteiger partial charge in [0.25, 0.3) is 5.91 Å². The number of aromatic nitrogens is 2.